The molecule has 2 aromatic heterocycles. The molecule has 0 radical (unpaired) electrons. The van der Waals surface area contributed by atoms with Gasteiger partial charge in [-0.05, 0) is 48.4 Å². The van der Waals surface area contributed by atoms with Crippen molar-refractivity contribution in [3.05, 3.63) is 62.0 Å². The number of thiophene rings is 1. The van der Waals surface area contributed by atoms with Crippen molar-refractivity contribution in [1.82, 2.24) is 9.97 Å². The van der Waals surface area contributed by atoms with Crippen molar-refractivity contribution in [2.75, 3.05) is 0 Å². The maximum absolute atomic E-state index is 12.6. The van der Waals surface area contributed by atoms with Gasteiger partial charge in [-0.2, -0.15) is 5.26 Å². The second-order valence-electron chi connectivity index (χ2n) is 6.85. The summed E-state index contributed by atoms with van der Waals surface area (Å²) in [4.78, 5) is 22.5. The van der Waals surface area contributed by atoms with Crippen LogP contribution in [0.15, 0.2) is 29.1 Å². The highest BCUT2D eigenvalue weighted by molar-refractivity contribution is 7.97. The summed E-state index contributed by atoms with van der Waals surface area (Å²) in [7, 11) is 0. The molecular formula is C20H19N3OS2. The Morgan fingerprint density at radius 3 is 2.92 bits per heavy atom. The highest BCUT2D eigenvalue weighted by Crippen LogP contribution is 2.35. The highest BCUT2D eigenvalue weighted by Gasteiger charge is 2.22. The first-order valence-electron chi connectivity index (χ1n) is 8.74. The Bertz CT molecular complexity index is 1040. The monoisotopic (exact) mass is 381 g/mol. The maximum Gasteiger partial charge on any atom is 0.259 e. The first-order valence-corrected chi connectivity index (χ1v) is 10.7. The molecule has 4 nitrogen and oxygen atoms in total. The molecule has 4 rings (SSSR count). The summed E-state index contributed by atoms with van der Waals surface area (Å²) < 4.78 is 0. The van der Waals surface area contributed by atoms with Crippen LogP contribution in [0, 0.1) is 17.2 Å². The summed E-state index contributed by atoms with van der Waals surface area (Å²) >= 11 is 3.41. The Balaban J connectivity index is 1.50. The van der Waals surface area contributed by atoms with Gasteiger partial charge in [0.2, 0.25) is 0 Å². The number of nitriles is 1. The molecule has 0 bridgehead atoms. The summed E-state index contributed by atoms with van der Waals surface area (Å²) in [5.41, 5.74) is 3.08. The van der Waals surface area contributed by atoms with Crippen molar-refractivity contribution in [2.45, 2.75) is 37.7 Å². The Kier molecular flexibility index (Phi) is 4.84. The number of hydrogen-bond donors (Lipinski definition) is 1. The molecule has 132 valence electrons. The summed E-state index contributed by atoms with van der Waals surface area (Å²) in [5, 5.41) is 9.66. The molecule has 6 heteroatoms. The van der Waals surface area contributed by atoms with Gasteiger partial charge < -0.3 is 4.98 Å². The first-order chi connectivity index (χ1) is 12.6. The quantitative estimate of drug-likeness (QED) is 0.726. The van der Waals surface area contributed by atoms with E-state index in [1.54, 1.807) is 23.1 Å². The number of aromatic nitrogens is 2. The largest absolute Gasteiger partial charge is 0.309 e. The van der Waals surface area contributed by atoms with Gasteiger partial charge in [-0.15, -0.1) is 23.1 Å². The summed E-state index contributed by atoms with van der Waals surface area (Å²) in [6, 6.07) is 9.74. The predicted octanol–water partition coefficient (Wildman–Crippen LogP) is 4.41. The van der Waals surface area contributed by atoms with E-state index in [0.717, 1.165) is 46.6 Å². The Morgan fingerprint density at radius 2 is 2.15 bits per heavy atom. The van der Waals surface area contributed by atoms with Crippen LogP contribution in [0.1, 0.15) is 40.7 Å². The average molecular weight is 382 g/mol. The minimum atomic E-state index is 0.0102. The van der Waals surface area contributed by atoms with Crippen molar-refractivity contribution in [2.24, 2.45) is 5.92 Å². The molecule has 0 unspecified atom stereocenters. The van der Waals surface area contributed by atoms with Crippen LogP contribution in [0.4, 0.5) is 0 Å². The van der Waals surface area contributed by atoms with Crippen LogP contribution in [-0.4, -0.2) is 9.97 Å². The van der Waals surface area contributed by atoms with Gasteiger partial charge in [0.25, 0.3) is 5.56 Å². The van der Waals surface area contributed by atoms with Gasteiger partial charge in [-0.3, -0.25) is 4.79 Å². The first kappa shape index (κ1) is 17.3. The smallest absolute Gasteiger partial charge is 0.259 e. The fourth-order valence-electron chi connectivity index (χ4n) is 3.40. The molecule has 1 aliphatic rings. The van der Waals surface area contributed by atoms with Gasteiger partial charge in [0.15, 0.2) is 0 Å². The van der Waals surface area contributed by atoms with Gasteiger partial charge in [-0.25, -0.2) is 4.98 Å². The molecule has 0 aliphatic heterocycles. The summed E-state index contributed by atoms with van der Waals surface area (Å²) in [5.74, 6) is 2.93. The minimum Gasteiger partial charge on any atom is -0.309 e. The second-order valence-corrected chi connectivity index (χ2v) is 8.92. The molecule has 1 atom stereocenters. The number of aromatic amines is 1. The molecule has 0 saturated carbocycles. The lowest BCUT2D eigenvalue weighted by molar-refractivity contribution is 0.509. The number of rotatable bonds is 4. The van der Waals surface area contributed by atoms with Gasteiger partial charge in [0, 0.05) is 10.6 Å². The topological polar surface area (TPSA) is 69.5 Å². The third kappa shape index (κ3) is 3.42. The average Bonchev–Trinajstić information content (AvgIpc) is 3.00. The van der Waals surface area contributed by atoms with E-state index >= 15 is 0 Å². The molecule has 3 aromatic rings. The zero-order valence-electron chi connectivity index (χ0n) is 14.5. The van der Waals surface area contributed by atoms with Crippen molar-refractivity contribution < 1.29 is 0 Å². The zero-order valence-corrected chi connectivity index (χ0v) is 16.2. The van der Waals surface area contributed by atoms with Crippen LogP contribution in [0.25, 0.3) is 10.2 Å². The standard InChI is InChI=1S/C20H19N3OS2/c1-12-2-7-15-16(8-12)26-20-18(15)19(24)22-17(23-20)11-25-10-14-5-3-13(9-21)4-6-14/h3-6,12H,2,7-8,10-11H2,1H3,(H,22,23,24)/t12-/m0/s1. The van der Waals surface area contributed by atoms with E-state index in [1.165, 1.54) is 10.4 Å². The van der Waals surface area contributed by atoms with Crippen LogP contribution < -0.4 is 5.56 Å². The van der Waals surface area contributed by atoms with Gasteiger partial charge in [-0.1, -0.05) is 19.1 Å². The Morgan fingerprint density at radius 1 is 1.35 bits per heavy atom. The fraction of sp³-hybridized carbons (Fsp3) is 0.350. The van der Waals surface area contributed by atoms with Crippen LogP contribution in [0.2, 0.25) is 0 Å². The van der Waals surface area contributed by atoms with Gasteiger partial charge >= 0.3 is 0 Å². The molecule has 0 saturated heterocycles. The number of fused-ring (bicyclic) bond motifs is 3. The Hall–Kier alpha value is -2.10. The number of nitrogens with one attached hydrogen (secondary N) is 1. The highest BCUT2D eigenvalue weighted by atomic mass is 32.2. The van der Waals surface area contributed by atoms with Crippen molar-refractivity contribution in [3.63, 3.8) is 0 Å². The number of hydrogen-bond acceptors (Lipinski definition) is 5. The number of thioether (sulfide) groups is 1. The lowest BCUT2D eigenvalue weighted by Gasteiger charge is -2.17. The van der Waals surface area contributed by atoms with Crippen molar-refractivity contribution in [3.8, 4) is 6.07 Å². The van der Waals surface area contributed by atoms with E-state index in [9.17, 15) is 4.79 Å². The van der Waals surface area contributed by atoms with E-state index in [-0.39, 0.29) is 5.56 Å². The lowest BCUT2D eigenvalue weighted by Crippen LogP contribution is -2.14. The minimum absolute atomic E-state index is 0.0102. The van der Waals surface area contributed by atoms with Crippen LogP contribution >= 0.6 is 23.1 Å². The molecule has 1 aromatic carbocycles. The zero-order chi connectivity index (χ0) is 18.1. The maximum atomic E-state index is 12.6. The summed E-state index contributed by atoms with van der Waals surface area (Å²) in [6.07, 6.45) is 3.22. The van der Waals surface area contributed by atoms with Gasteiger partial charge in [0.1, 0.15) is 10.7 Å². The number of aryl methyl sites for hydroxylation is 1. The number of benzene rings is 1. The fourth-order valence-corrected chi connectivity index (χ4v) is 5.67. The molecule has 0 spiro atoms. The third-order valence-electron chi connectivity index (χ3n) is 4.81. The van der Waals surface area contributed by atoms with Gasteiger partial charge in [0.05, 0.1) is 22.8 Å². The normalized spacial score (nSPS) is 16.4. The number of nitrogens with zero attached hydrogens (tertiary/aromatic N) is 2. The van der Waals surface area contributed by atoms with Crippen LogP contribution in [0.5, 0.6) is 0 Å². The van der Waals surface area contributed by atoms with E-state index in [1.807, 2.05) is 24.3 Å². The Labute approximate surface area is 160 Å². The molecule has 2 heterocycles. The van der Waals surface area contributed by atoms with E-state index < -0.39 is 0 Å². The van der Waals surface area contributed by atoms with E-state index in [2.05, 4.69) is 18.0 Å². The van der Waals surface area contributed by atoms with Crippen molar-refractivity contribution in [1.29, 1.82) is 5.26 Å². The van der Waals surface area contributed by atoms with Crippen LogP contribution in [0.3, 0.4) is 0 Å². The molecular weight excluding hydrogens is 362 g/mol. The predicted molar refractivity (Wildman–Crippen MR) is 108 cm³/mol. The molecule has 0 amide bonds. The second kappa shape index (κ2) is 7.26. The van der Waals surface area contributed by atoms with Crippen molar-refractivity contribution >= 4 is 33.3 Å². The van der Waals surface area contributed by atoms with E-state index in [4.69, 9.17) is 10.2 Å². The summed E-state index contributed by atoms with van der Waals surface area (Å²) in [6.45, 7) is 2.27. The van der Waals surface area contributed by atoms with Crippen LogP contribution in [-0.2, 0) is 24.3 Å². The number of H-pyrrole nitrogens is 1. The third-order valence-corrected chi connectivity index (χ3v) is 6.97. The molecule has 26 heavy (non-hydrogen) atoms. The molecule has 0 fully saturated rings. The SMILES string of the molecule is C[C@H]1CCc2c(sc3nc(CSCc4ccc(C#N)cc4)[nH]c(=O)c23)C1. The molecule has 1 N–H and O–H groups in total. The lowest BCUT2D eigenvalue weighted by atomic mass is 9.89. The molecule has 1 aliphatic carbocycles. The van der Waals surface area contributed by atoms with E-state index in [0.29, 0.717) is 17.2 Å².